The minimum Gasteiger partial charge on any atom is -0.394 e. The summed E-state index contributed by atoms with van der Waals surface area (Å²) in [5.74, 6) is -0.867. The zero-order valence-electron chi connectivity index (χ0n) is 9.95. The molecule has 0 heterocycles. The summed E-state index contributed by atoms with van der Waals surface area (Å²) in [7, 11) is 0. The molecule has 3 atom stereocenters. The summed E-state index contributed by atoms with van der Waals surface area (Å²) in [6.07, 6.45) is -3.38. The Hall–Kier alpha value is -1.47. The molecule has 18 heavy (non-hydrogen) atoms. The number of nitrogens with one attached hydrogen (secondary N) is 1. The molecule has 0 aliphatic carbocycles. The Morgan fingerprint density at radius 2 is 1.89 bits per heavy atom. The number of carbonyl (C=O) groups excluding carboxylic acids is 1. The van der Waals surface area contributed by atoms with E-state index in [1.165, 1.54) is 0 Å². The summed E-state index contributed by atoms with van der Waals surface area (Å²) in [6, 6.07) is 8.39. The molecule has 0 unspecified atom stereocenters. The fourth-order valence-electron chi connectivity index (χ4n) is 1.39. The van der Waals surface area contributed by atoms with E-state index in [0.29, 0.717) is 5.69 Å². The summed E-state index contributed by atoms with van der Waals surface area (Å²) in [4.78, 5) is 11.8. The van der Waals surface area contributed by atoms with Crippen molar-refractivity contribution in [2.75, 3.05) is 11.9 Å². The van der Waals surface area contributed by atoms with Gasteiger partial charge >= 0.3 is 0 Å². The largest absolute Gasteiger partial charge is 0.394 e. The molecule has 0 radical (unpaired) electrons. The monoisotopic (exact) mass is 255 g/mol. The summed E-state index contributed by atoms with van der Waals surface area (Å²) in [5, 5.41) is 39.8. The predicted octanol–water partition coefficient (Wildman–Crippen LogP) is -0.910. The van der Waals surface area contributed by atoms with Crippen molar-refractivity contribution in [1.82, 2.24) is 0 Å². The van der Waals surface area contributed by atoms with Crippen LogP contribution in [0.4, 0.5) is 5.69 Å². The molecular formula is C12H17NO5. The smallest absolute Gasteiger partial charge is 0.258 e. The van der Waals surface area contributed by atoms with Crippen LogP contribution in [0.15, 0.2) is 30.3 Å². The first-order valence-corrected chi connectivity index (χ1v) is 5.45. The molecule has 0 aromatic heterocycles. The standard InChI is InChI=1S/C12H17NO5/c1-12(18,10(16)9(15)7-14)11(17)13-8-5-3-2-4-6-8/h2-6,9-10,14-16,18H,7H2,1H3,(H,13,17)/t9-,10-,12-/m1/s1. The number of hydrogen-bond donors (Lipinski definition) is 5. The van der Waals surface area contributed by atoms with Crippen molar-refractivity contribution in [3.63, 3.8) is 0 Å². The quantitative estimate of drug-likeness (QED) is 0.468. The van der Waals surface area contributed by atoms with Crippen LogP contribution in [0.2, 0.25) is 0 Å². The second kappa shape index (κ2) is 5.92. The maximum Gasteiger partial charge on any atom is 0.258 e. The van der Waals surface area contributed by atoms with E-state index in [1.54, 1.807) is 30.3 Å². The molecule has 1 amide bonds. The summed E-state index contributed by atoms with van der Waals surface area (Å²) < 4.78 is 0. The number of carbonyl (C=O) groups is 1. The molecule has 0 saturated carbocycles. The topological polar surface area (TPSA) is 110 Å². The van der Waals surface area contributed by atoms with Crippen LogP contribution in [0, 0.1) is 0 Å². The highest BCUT2D eigenvalue weighted by Crippen LogP contribution is 2.17. The van der Waals surface area contributed by atoms with E-state index < -0.39 is 30.3 Å². The van der Waals surface area contributed by atoms with Crippen molar-refractivity contribution in [2.45, 2.75) is 24.7 Å². The molecule has 0 aliphatic heterocycles. The fourth-order valence-corrected chi connectivity index (χ4v) is 1.39. The van der Waals surface area contributed by atoms with Gasteiger partial charge in [0.2, 0.25) is 0 Å². The van der Waals surface area contributed by atoms with Crippen molar-refractivity contribution >= 4 is 11.6 Å². The third-order valence-electron chi connectivity index (χ3n) is 2.62. The first kappa shape index (κ1) is 14.6. The van der Waals surface area contributed by atoms with Gasteiger partial charge in [0.05, 0.1) is 6.61 Å². The van der Waals surface area contributed by atoms with E-state index in [1.807, 2.05) is 0 Å². The van der Waals surface area contributed by atoms with Gasteiger partial charge in [0.25, 0.3) is 5.91 Å². The molecule has 0 aliphatic rings. The number of para-hydroxylation sites is 1. The van der Waals surface area contributed by atoms with Crippen LogP contribution < -0.4 is 5.32 Å². The van der Waals surface area contributed by atoms with Gasteiger partial charge in [-0.2, -0.15) is 0 Å². The molecule has 6 nitrogen and oxygen atoms in total. The van der Waals surface area contributed by atoms with E-state index in [2.05, 4.69) is 5.32 Å². The van der Waals surface area contributed by atoms with Crippen molar-refractivity contribution in [1.29, 1.82) is 0 Å². The highest BCUT2D eigenvalue weighted by atomic mass is 16.4. The highest BCUT2D eigenvalue weighted by molar-refractivity contribution is 5.97. The number of rotatable bonds is 5. The van der Waals surface area contributed by atoms with Gasteiger partial charge in [0.1, 0.15) is 12.2 Å². The first-order valence-electron chi connectivity index (χ1n) is 5.45. The second-order valence-corrected chi connectivity index (χ2v) is 4.16. The Labute approximate surface area is 105 Å². The molecule has 5 N–H and O–H groups in total. The van der Waals surface area contributed by atoms with Crippen LogP contribution in [0.25, 0.3) is 0 Å². The van der Waals surface area contributed by atoms with Gasteiger partial charge in [0.15, 0.2) is 5.60 Å². The molecule has 1 rings (SSSR count). The first-order chi connectivity index (χ1) is 8.39. The molecule has 0 saturated heterocycles. The van der Waals surface area contributed by atoms with Crippen LogP contribution in [-0.4, -0.2) is 50.7 Å². The molecule has 1 aromatic rings. The molecule has 0 bridgehead atoms. The van der Waals surface area contributed by atoms with Crippen LogP contribution >= 0.6 is 0 Å². The van der Waals surface area contributed by atoms with E-state index >= 15 is 0 Å². The minimum absolute atomic E-state index is 0.452. The second-order valence-electron chi connectivity index (χ2n) is 4.16. The van der Waals surface area contributed by atoms with Gasteiger partial charge in [-0.15, -0.1) is 0 Å². The third-order valence-corrected chi connectivity index (χ3v) is 2.62. The Morgan fingerprint density at radius 3 is 2.39 bits per heavy atom. The predicted molar refractivity (Wildman–Crippen MR) is 64.8 cm³/mol. The van der Waals surface area contributed by atoms with Gasteiger partial charge in [-0.3, -0.25) is 4.79 Å². The number of aliphatic hydroxyl groups excluding tert-OH is 3. The van der Waals surface area contributed by atoms with Crippen molar-refractivity contribution < 1.29 is 25.2 Å². The van der Waals surface area contributed by atoms with Crippen LogP contribution in [0.1, 0.15) is 6.92 Å². The van der Waals surface area contributed by atoms with E-state index in [-0.39, 0.29) is 0 Å². The van der Waals surface area contributed by atoms with E-state index in [9.17, 15) is 20.1 Å². The van der Waals surface area contributed by atoms with Gasteiger partial charge in [-0.05, 0) is 19.1 Å². The number of anilines is 1. The molecular weight excluding hydrogens is 238 g/mol. The Bertz CT molecular complexity index is 393. The average Bonchev–Trinajstić information content (AvgIpc) is 2.37. The molecule has 6 heteroatoms. The van der Waals surface area contributed by atoms with Gasteiger partial charge < -0.3 is 25.7 Å². The lowest BCUT2D eigenvalue weighted by atomic mass is 9.94. The fraction of sp³-hybridized carbons (Fsp3) is 0.417. The number of aliphatic hydroxyl groups is 4. The van der Waals surface area contributed by atoms with Gasteiger partial charge in [0, 0.05) is 5.69 Å². The molecule has 100 valence electrons. The van der Waals surface area contributed by atoms with Crippen molar-refractivity contribution in [3.05, 3.63) is 30.3 Å². The summed E-state index contributed by atoms with van der Waals surface area (Å²) in [6.45, 7) is 0.310. The normalized spacial score (nSPS) is 17.6. The summed E-state index contributed by atoms with van der Waals surface area (Å²) in [5.41, 5.74) is -1.76. The van der Waals surface area contributed by atoms with E-state index in [4.69, 9.17) is 5.11 Å². The van der Waals surface area contributed by atoms with Crippen LogP contribution in [-0.2, 0) is 4.79 Å². The lowest BCUT2D eigenvalue weighted by molar-refractivity contribution is -0.157. The lowest BCUT2D eigenvalue weighted by Crippen LogP contribution is -2.55. The van der Waals surface area contributed by atoms with Crippen molar-refractivity contribution in [3.8, 4) is 0 Å². The molecule has 0 spiro atoms. The Morgan fingerprint density at radius 1 is 1.33 bits per heavy atom. The SMILES string of the molecule is C[C@](O)(C(=O)Nc1ccccc1)[C@H](O)[C@H](O)CO. The lowest BCUT2D eigenvalue weighted by Gasteiger charge is -2.30. The zero-order chi connectivity index (χ0) is 13.8. The van der Waals surface area contributed by atoms with Gasteiger partial charge in [-0.25, -0.2) is 0 Å². The molecule has 0 fully saturated rings. The number of benzene rings is 1. The maximum atomic E-state index is 11.8. The molecule has 1 aromatic carbocycles. The number of hydrogen-bond acceptors (Lipinski definition) is 5. The van der Waals surface area contributed by atoms with Crippen LogP contribution in [0.3, 0.4) is 0 Å². The average molecular weight is 255 g/mol. The van der Waals surface area contributed by atoms with Crippen LogP contribution in [0.5, 0.6) is 0 Å². The zero-order valence-corrected chi connectivity index (χ0v) is 9.95. The van der Waals surface area contributed by atoms with Crippen molar-refractivity contribution in [2.24, 2.45) is 0 Å². The number of amides is 1. The van der Waals surface area contributed by atoms with E-state index in [0.717, 1.165) is 6.92 Å². The summed E-state index contributed by atoms with van der Waals surface area (Å²) >= 11 is 0. The third kappa shape index (κ3) is 3.27. The highest BCUT2D eigenvalue weighted by Gasteiger charge is 2.42. The van der Waals surface area contributed by atoms with Gasteiger partial charge in [-0.1, -0.05) is 18.2 Å². The Kier molecular flexibility index (Phi) is 4.80. The maximum absolute atomic E-state index is 11.8. The minimum atomic E-state index is -2.21. The Balaban J connectivity index is 2.76.